The molecule has 0 fully saturated rings. The summed E-state index contributed by atoms with van der Waals surface area (Å²) in [5.41, 5.74) is 18.2. The number of anilines is 1. The molecule has 0 aliphatic heterocycles. The minimum absolute atomic E-state index is 0.452. The van der Waals surface area contributed by atoms with Gasteiger partial charge in [0.05, 0.1) is 0 Å². The molecule has 0 spiro atoms. The van der Waals surface area contributed by atoms with Crippen molar-refractivity contribution < 1.29 is 0 Å². The first-order chi connectivity index (χ1) is 11.9. The topological polar surface area (TPSA) is 64.9 Å². The van der Waals surface area contributed by atoms with Gasteiger partial charge in [0, 0.05) is 17.3 Å². The van der Waals surface area contributed by atoms with Crippen molar-refractivity contribution in [3.63, 3.8) is 0 Å². The number of rotatable bonds is 4. The van der Waals surface area contributed by atoms with E-state index in [4.69, 9.17) is 11.5 Å². The van der Waals surface area contributed by atoms with Crippen molar-refractivity contribution in [3.05, 3.63) is 78.5 Å². The average molecular weight is 329 g/mol. The van der Waals surface area contributed by atoms with Gasteiger partial charge in [-0.05, 0) is 65.9 Å². The van der Waals surface area contributed by atoms with E-state index in [2.05, 4.69) is 41.9 Å². The Bertz CT molecular complexity index is 906. The molecule has 3 rings (SSSR count). The predicted molar refractivity (Wildman–Crippen MR) is 107 cm³/mol. The highest BCUT2D eigenvalue weighted by Gasteiger charge is 2.18. The fraction of sp³-hybridized carbons (Fsp3) is 0.136. The summed E-state index contributed by atoms with van der Waals surface area (Å²) in [6.07, 6.45) is 3.47. The van der Waals surface area contributed by atoms with Gasteiger partial charge in [-0.15, -0.1) is 0 Å². The molecule has 1 heterocycles. The highest BCUT2D eigenvalue weighted by molar-refractivity contribution is 5.83. The lowest BCUT2D eigenvalue weighted by Gasteiger charge is -2.22. The first-order valence-electron chi connectivity index (χ1n) is 8.27. The van der Waals surface area contributed by atoms with E-state index in [1.54, 1.807) is 12.3 Å². The monoisotopic (exact) mass is 329 g/mol. The molecule has 0 atom stereocenters. The maximum Gasteiger partial charge on any atom is 0.131 e. The summed E-state index contributed by atoms with van der Waals surface area (Å²) in [4.78, 5) is 4.17. The van der Waals surface area contributed by atoms with Crippen molar-refractivity contribution in [3.8, 4) is 22.3 Å². The molecule has 0 amide bonds. The van der Waals surface area contributed by atoms with Gasteiger partial charge >= 0.3 is 0 Å². The number of aromatic nitrogens is 1. The van der Waals surface area contributed by atoms with Crippen LogP contribution < -0.4 is 11.5 Å². The second kappa shape index (κ2) is 6.54. The summed E-state index contributed by atoms with van der Waals surface area (Å²) < 4.78 is 0. The Morgan fingerprint density at radius 3 is 2.28 bits per heavy atom. The molecule has 0 aliphatic rings. The highest BCUT2D eigenvalue weighted by Crippen LogP contribution is 2.34. The number of nitrogen functional groups attached to an aromatic ring is 1. The van der Waals surface area contributed by atoms with Crippen molar-refractivity contribution in [2.24, 2.45) is 5.73 Å². The van der Waals surface area contributed by atoms with Crippen LogP contribution in [0.15, 0.2) is 67.4 Å². The maximum absolute atomic E-state index is 6.39. The fourth-order valence-electron chi connectivity index (χ4n) is 2.91. The Hall–Kier alpha value is -2.91. The second-order valence-electron chi connectivity index (χ2n) is 6.75. The molecule has 0 aliphatic carbocycles. The zero-order valence-corrected chi connectivity index (χ0v) is 14.7. The van der Waals surface area contributed by atoms with Crippen molar-refractivity contribution in [2.75, 3.05) is 5.73 Å². The molecule has 0 unspecified atom stereocenters. The fourth-order valence-corrected chi connectivity index (χ4v) is 2.91. The summed E-state index contributed by atoms with van der Waals surface area (Å²) in [7, 11) is 0. The van der Waals surface area contributed by atoms with Crippen LogP contribution in [0.5, 0.6) is 0 Å². The molecule has 4 N–H and O–H groups in total. The van der Waals surface area contributed by atoms with E-state index < -0.39 is 5.54 Å². The van der Waals surface area contributed by atoms with E-state index in [1.165, 1.54) is 0 Å². The molecule has 3 aromatic rings. The quantitative estimate of drug-likeness (QED) is 0.720. The van der Waals surface area contributed by atoms with Crippen LogP contribution in [0.25, 0.3) is 28.3 Å². The Labute approximate surface area is 149 Å². The largest absolute Gasteiger partial charge is 0.383 e. The summed E-state index contributed by atoms with van der Waals surface area (Å²) in [6, 6.07) is 18.7. The Morgan fingerprint density at radius 2 is 1.64 bits per heavy atom. The van der Waals surface area contributed by atoms with Crippen molar-refractivity contribution in [2.45, 2.75) is 19.4 Å². The molecule has 126 valence electrons. The molecule has 0 radical (unpaired) electrons. The van der Waals surface area contributed by atoms with Gasteiger partial charge in [-0.2, -0.15) is 0 Å². The lowest BCUT2D eigenvalue weighted by atomic mass is 9.88. The van der Waals surface area contributed by atoms with Crippen LogP contribution in [0.4, 0.5) is 5.82 Å². The van der Waals surface area contributed by atoms with Gasteiger partial charge in [0.1, 0.15) is 5.82 Å². The number of nitrogens with zero attached hydrogens (tertiary/aromatic N) is 1. The molecule has 0 bridgehead atoms. The molecule has 1 aromatic heterocycles. The van der Waals surface area contributed by atoms with Crippen LogP contribution in [0.3, 0.4) is 0 Å². The Balaban J connectivity index is 2.27. The summed E-state index contributed by atoms with van der Waals surface area (Å²) in [6.45, 7) is 7.91. The van der Waals surface area contributed by atoms with Crippen LogP contribution in [0.2, 0.25) is 0 Å². The van der Waals surface area contributed by atoms with Gasteiger partial charge in [0.2, 0.25) is 0 Å². The van der Waals surface area contributed by atoms with Gasteiger partial charge in [0.15, 0.2) is 0 Å². The number of nitrogens with two attached hydrogens (primary N) is 2. The van der Waals surface area contributed by atoms with Crippen LogP contribution in [-0.2, 0) is 5.54 Å². The number of benzene rings is 2. The summed E-state index contributed by atoms with van der Waals surface area (Å²) in [5, 5.41) is 0. The smallest absolute Gasteiger partial charge is 0.131 e. The van der Waals surface area contributed by atoms with E-state index in [0.717, 1.165) is 33.4 Å². The maximum atomic E-state index is 6.39. The van der Waals surface area contributed by atoms with E-state index in [1.807, 2.05) is 38.1 Å². The minimum Gasteiger partial charge on any atom is -0.383 e. The number of hydrogen-bond donors (Lipinski definition) is 2. The Morgan fingerprint density at radius 1 is 0.960 bits per heavy atom. The van der Waals surface area contributed by atoms with Crippen molar-refractivity contribution in [1.82, 2.24) is 4.98 Å². The second-order valence-corrected chi connectivity index (χ2v) is 6.75. The standard InChI is InChI=1S/C22H23N3/c1-4-19-20(10-11-25-21(19)23)17-12-16(15-8-6-5-7-9-15)13-18(14-17)22(2,3)24/h4-14H,1,24H2,2-3H3,(H2,23,25). The summed E-state index contributed by atoms with van der Waals surface area (Å²) >= 11 is 0. The highest BCUT2D eigenvalue weighted by atomic mass is 14.8. The first kappa shape index (κ1) is 16.9. The van der Waals surface area contributed by atoms with Crippen LogP contribution in [0, 0.1) is 0 Å². The molecular weight excluding hydrogens is 306 g/mol. The van der Waals surface area contributed by atoms with Crippen LogP contribution in [0.1, 0.15) is 25.0 Å². The molecule has 0 saturated carbocycles. The van der Waals surface area contributed by atoms with E-state index >= 15 is 0 Å². The van der Waals surface area contributed by atoms with E-state index in [-0.39, 0.29) is 0 Å². The molecule has 3 nitrogen and oxygen atoms in total. The minimum atomic E-state index is -0.452. The van der Waals surface area contributed by atoms with E-state index in [0.29, 0.717) is 5.82 Å². The van der Waals surface area contributed by atoms with Crippen LogP contribution >= 0.6 is 0 Å². The van der Waals surface area contributed by atoms with Gasteiger partial charge in [0.25, 0.3) is 0 Å². The summed E-state index contributed by atoms with van der Waals surface area (Å²) in [5.74, 6) is 0.478. The third-order valence-electron chi connectivity index (χ3n) is 4.32. The third-order valence-corrected chi connectivity index (χ3v) is 4.32. The van der Waals surface area contributed by atoms with Crippen molar-refractivity contribution in [1.29, 1.82) is 0 Å². The lowest BCUT2D eigenvalue weighted by Crippen LogP contribution is -2.28. The molecule has 0 saturated heterocycles. The first-order valence-corrected chi connectivity index (χ1v) is 8.27. The van der Waals surface area contributed by atoms with Crippen LogP contribution in [-0.4, -0.2) is 4.98 Å². The lowest BCUT2D eigenvalue weighted by molar-refractivity contribution is 0.555. The van der Waals surface area contributed by atoms with Gasteiger partial charge < -0.3 is 11.5 Å². The number of hydrogen-bond acceptors (Lipinski definition) is 3. The normalized spacial score (nSPS) is 11.3. The molecular formula is C22H23N3. The average Bonchev–Trinajstić information content (AvgIpc) is 2.61. The number of pyridine rings is 1. The SMILES string of the molecule is C=Cc1c(-c2cc(-c3ccccc3)cc(C(C)(C)N)c2)ccnc1N. The zero-order valence-electron chi connectivity index (χ0n) is 14.7. The molecule has 3 heteroatoms. The van der Waals surface area contributed by atoms with Gasteiger partial charge in [-0.1, -0.05) is 43.0 Å². The van der Waals surface area contributed by atoms with Gasteiger partial charge in [-0.25, -0.2) is 4.98 Å². The predicted octanol–water partition coefficient (Wildman–Crippen LogP) is 4.83. The molecule has 25 heavy (non-hydrogen) atoms. The van der Waals surface area contributed by atoms with Gasteiger partial charge in [-0.3, -0.25) is 0 Å². The third kappa shape index (κ3) is 3.47. The molecule has 2 aromatic carbocycles. The Kier molecular flexibility index (Phi) is 4.43. The zero-order chi connectivity index (χ0) is 18.0. The van der Waals surface area contributed by atoms with E-state index in [9.17, 15) is 0 Å². The van der Waals surface area contributed by atoms with Crippen molar-refractivity contribution >= 4 is 11.9 Å².